The summed E-state index contributed by atoms with van der Waals surface area (Å²) in [6.45, 7) is 4.51. The molecular weight excluding hydrogens is 374 g/mol. The molecule has 0 N–H and O–H groups in total. The van der Waals surface area contributed by atoms with Gasteiger partial charge in [0, 0.05) is 19.2 Å². The van der Waals surface area contributed by atoms with Gasteiger partial charge in [0.15, 0.2) is 5.76 Å². The van der Waals surface area contributed by atoms with Crippen molar-refractivity contribution in [2.75, 3.05) is 32.9 Å². The van der Waals surface area contributed by atoms with Crippen LogP contribution >= 0.6 is 0 Å². The van der Waals surface area contributed by atoms with E-state index in [4.69, 9.17) is 18.9 Å². The quantitative estimate of drug-likeness (QED) is 0.738. The van der Waals surface area contributed by atoms with Crippen molar-refractivity contribution in [1.29, 1.82) is 0 Å². The molecule has 4 rings (SSSR count). The molecule has 0 bridgehead atoms. The van der Waals surface area contributed by atoms with Crippen LogP contribution in [0.5, 0.6) is 17.2 Å². The van der Waals surface area contributed by atoms with Gasteiger partial charge in [-0.05, 0) is 42.8 Å². The summed E-state index contributed by atoms with van der Waals surface area (Å²) < 4.78 is 21.8. The van der Waals surface area contributed by atoms with Gasteiger partial charge in [-0.1, -0.05) is 12.1 Å². The normalized spacial score (nSPS) is 17.1. The van der Waals surface area contributed by atoms with Crippen LogP contribution in [0.25, 0.3) is 6.08 Å². The van der Waals surface area contributed by atoms with Crippen LogP contribution in [0.4, 0.5) is 4.79 Å². The van der Waals surface area contributed by atoms with Crippen molar-refractivity contribution in [3.05, 3.63) is 59.4 Å². The van der Waals surface area contributed by atoms with E-state index in [-0.39, 0.29) is 11.5 Å². The van der Waals surface area contributed by atoms with Crippen LogP contribution in [-0.4, -0.2) is 49.7 Å². The fourth-order valence-corrected chi connectivity index (χ4v) is 3.12. The maximum absolute atomic E-state index is 12.5. The summed E-state index contributed by atoms with van der Waals surface area (Å²) >= 11 is 0. The molecule has 0 aliphatic carbocycles. The maximum atomic E-state index is 12.5. The van der Waals surface area contributed by atoms with Crippen molar-refractivity contribution in [3.63, 3.8) is 0 Å². The van der Waals surface area contributed by atoms with E-state index >= 15 is 0 Å². The molecule has 2 aliphatic rings. The summed E-state index contributed by atoms with van der Waals surface area (Å²) in [5.74, 6) is 1.65. The van der Waals surface area contributed by atoms with Crippen molar-refractivity contribution in [2.24, 2.45) is 0 Å². The number of fused-ring (bicyclic) bond motifs is 1. The number of Topliss-reactive ketones (excluding diaryl/α,β-unsaturated/α-hetero) is 1. The Morgan fingerprint density at radius 1 is 1.10 bits per heavy atom. The highest BCUT2D eigenvalue weighted by Crippen LogP contribution is 2.35. The summed E-state index contributed by atoms with van der Waals surface area (Å²) in [5.41, 5.74) is 1.27. The Morgan fingerprint density at radius 2 is 1.83 bits per heavy atom. The highest BCUT2D eigenvalue weighted by atomic mass is 16.6. The molecule has 2 aliphatic heterocycles. The van der Waals surface area contributed by atoms with E-state index in [1.807, 2.05) is 6.92 Å². The summed E-state index contributed by atoms with van der Waals surface area (Å²) in [6, 6.07) is 12.1. The number of carbonyl (C=O) groups excluding carboxylic acids is 2. The number of hydrogen-bond acceptors (Lipinski definition) is 6. The van der Waals surface area contributed by atoms with Crippen LogP contribution in [0.2, 0.25) is 0 Å². The first kappa shape index (κ1) is 19.0. The average Bonchev–Trinajstić information content (AvgIpc) is 3.05. The Morgan fingerprint density at radius 3 is 2.55 bits per heavy atom. The number of nitrogens with zero attached hydrogens (tertiary/aromatic N) is 1. The molecule has 150 valence electrons. The molecular formula is C22H21NO6. The fourth-order valence-electron chi connectivity index (χ4n) is 3.12. The SMILES string of the molecule is CCOc1ccc2c(c1)OC(=Cc1ccc(OC(=O)N3CCOCC3)cc1)C2=O. The van der Waals surface area contributed by atoms with Gasteiger partial charge in [0.1, 0.15) is 17.2 Å². The minimum atomic E-state index is -0.394. The molecule has 0 unspecified atom stereocenters. The first-order valence-electron chi connectivity index (χ1n) is 9.49. The molecule has 1 fully saturated rings. The standard InChI is InChI=1S/C22H21NO6/c1-2-27-17-7-8-18-19(14-17)29-20(21(18)24)13-15-3-5-16(6-4-15)28-22(25)23-9-11-26-12-10-23/h3-8,13-14H,2,9-12H2,1H3. The Bertz CT molecular complexity index is 944. The topological polar surface area (TPSA) is 74.3 Å². The van der Waals surface area contributed by atoms with Crippen molar-refractivity contribution in [2.45, 2.75) is 6.92 Å². The van der Waals surface area contributed by atoms with E-state index < -0.39 is 6.09 Å². The molecule has 1 saturated heterocycles. The van der Waals surface area contributed by atoms with Crippen LogP contribution in [-0.2, 0) is 4.74 Å². The number of rotatable bonds is 4. The minimum absolute atomic E-state index is 0.175. The number of morpholine rings is 1. The molecule has 2 aromatic carbocycles. The lowest BCUT2D eigenvalue weighted by Gasteiger charge is -2.25. The van der Waals surface area contributed by atoms with E-state index in [0.717, 1.165) is 5.56 Å². The molecule has 2 heterocycles. The Labute approximate surface area is 168 Å². The van der Waals surface area contributed by atoms with Crippen LogP contribution in [0.3, 0.4) is 0 Å². The molecule has 7 heteroatoms. The predicted octanol–water partition coefficient (Wildman–Crippen LogP) is 3.53. The lowest BCUT2D eigenvalue weighted by molar-refractivity contribution is 0.0416. The molecule has 7 nitrogen and oxygen atoms in total. The molecule has 0 spiro atoms. The van der Waals surface area contributed by atoms with Crippen molar-refractivity contribution in [1.82, 2.24) is 4.90 Å². The lowest BCUT2D eigenvalue weighted by Crippen LogP contribution is -2.42. The van der Waals surface area contributed by atoms with Crippen LogP contribution in [0.15, 0.2) is 48.2 Å². The summed E-state index contributed by atoms with van der Waals surface area (Å²) in [6.07, 6.45) is 1.27. The molecule has 0 saturated carbocycles. The number of hydrogen-bond donors (Lipinski definition) is 0. The van der Waals surface area contributed by atoms with Crippen LogP contribution in [0, 0.1) is 0 Å². The van der Waals surface area contributed by atoms with Crippen molar-refractivity contribution >= 4 is 18.0 Å². The van der Waals surface area contributed by atoms with E-state index in [1.165, 1.54) is 0 Å². The lowest BCUT2D eigenvalue weighted by atomic mass is 10.1. The molecule has 1 amide bonds. The highest BCUT2D eigenvalue weighted by Gasteiger charge is 2.27. The number of carbonyl (C=O) groups is 2. The highest BCUT2D eigenvalue weighted by molar-refractivity contribution is 6.14. The zero-order valence-corrected chi connectivity index (χ0v) is 16.1. The van der Waals surface area contributed by atoms with Crippen molar-refractivity contribution in [3.8, 4) is 17.2 Å². The Hall–Kier alpha value is -3.32. The molecule has 29 heavy (non-hydrogen) atoms. The van der Waals surface area contributed by atoms with Gasteiger partial charge in [-0.25, -0.2) is 4.79 Å². The second-order valence-electron chi connectivity index (χ2n) is 6.57. The number of amides is 1. The summed E-state index contributed by atoms with van der Waals surface area (Å²) in [4.78, 5) is 26.3. The summed E-state index contributed by atoms with van der Waals surface area (Å²) in [7, 11) is 0. The van der Waals surface area contributed by atoms with Crippen LogP contribution in [0.1, 0.15) is 22.8 Å². The number of allylic oxidation sites excluding steroid dienone is 1. The van der Waals surface area contributed by atoms with E-state index in [9.17, 15) is 9.59 Å². The van der Waals surface area contributed by atoms with Gasteiger partial charge in [-0.3, -0.25) is 4.79 Å². The second-order valence-corrected chi connectivity index (χ2v) is 6.57. The van der Waals surface area contributed by atoms with Gasteiger partial charge in [0.05, 0.1) is 25.4 Å². The average molecular weight is 395 g/mol. The van der Waals surface area contributed by atoms with E-state index in [1.54, 1.807) is 53.4 Å². The van der Waals surface area contributed by atoms with Gasteiger partial charge in [0.2, 0.25) is 5.78 Å². The minimum Gasteiger partial charge on any atom is -0.494 e. The fraction of sp³-hybridized carbons (Fsp3) is 0.273. The zero-order valence-electron chi connectivity index (χ0n) is 16.1. The van der Waals surface area contributed by atoms with Gasteiger partial charge in [-0.15, -0.1) is 0 Å². The third-order valence-corrected chi connectivity index (χ3v) is 4.60. The number of ketones is 1. The van der Waals surface area contributed by atoms with Gasteiger partial charge < -0.3 is 23.8 Å². The third-order valence-electron chi connectivity index (χ3n) is 4.60. The summed E-state index contributed by atoms with van der Waals surface area (Å²) in [5, 5.41) is 0. The molecule has 0 aromatic heterocycles. The maximum Gasteiger partial charge on any atom is 0.415 e. The second kappa shape index (κ2) is 8.36. The third kappa shape index (κ3) is 4.25. The van der Waals surface area contributed by atoms with Crippen molar-refractivity contribution < 1.29 is 28.5 Å². The smallest absolute Gasteiger partial charge is 0.415 e. The number of ether oxygens (including phenoxy) is 4. The van der Waals surface area contributed by atoms with Gasteiger partial charge >= 0.3 is 6.09 Å². The van der Waals surface area contributed by atoms with E-state index in [0.29, 0.717) is 55.7 Å². The Kier molecular flexibility index (Phi) is 5.48. The Balaban J connectivity index is 1.43. The predicted molar refractivity (Wildman–Crippen MR) is 105 cm³/mol. The molecule has 2 aromatic rings. The van der Waals surface area contributed by atoms with Gasteiger partial charge in [-0.2, -0.15) is 0 Å². The first-order valence-corrected chi connectivity index (χ1v) is 9.49. The van der Waals surface area contributed by atoms with Crippen LogP contribution < -0.4 is 14.2 Å². The number of benzene rings is 2. The monoisotopic (exact) mass is 395 g/mol. The first-order chi connectivity index (χ1) is 14.1. The van der Waals surface area contributed by atoms with Gasteiger partial charge in [0.25, 0.3) is 0 Å². The molecule has 0 radical (unpaired) electrons. The van der Waals surface area contributed by atoms with E-state index in [2.05, 4.69) is 0 Å². The zero-order chi connectivity index (χ0) is 20.2. The largest absolute Gasteiger partial charge is 0.494 e. The molecule has 0 atom stereocenters.